The van der Waals surface area contributed by atoms with Crippen molar-refractivity contribution in [3.63, 3.8) is 0 Å². The standard InChI is InChI=1S/C14H22N2/c1-12-7-8-16(11-14(12)9-15)10-13-5-3-2-4-6-13/h2-6,12,14H,7-11,15H2,1H3. The van der Waals surface area contributed by atoms with Gasteiger partial charge in [0.25, 0.3) is 0 Å². The highest BCUT2D eigenvalue weighted by molar-refractivity contribution is 5.14. The van der Waals surface area contributed by atoms with Crippen LogP contribution in [0.5, 0.6) is 0 Å². The normalized spacial score (nSPS) is 26.9. The lowest BCUT2D eigenvalue weighted by Gasteiger charge is -2.36. The lowest BCUT2D eigenvalue weighted by Crippen LogP contribution is -2.42. The molecule has 0 aromatic heterocycles. The second-order valence-electron chi connectivity index (χ2n) is 4.98. The predicted octanol–water partition coefficient (Wildman–Crippen LogP) is 2.10. The Morgan fingerprint density at radius 1 is 1.31 bits per heavy atom. The molecular weight excluding hydrogens is 196 g/mol. The average Bonchev–Trinajstić information content (AvgIpc) is 2.33. The van der Waals surface area contributed by atoms with Crippen LogP contribution in [0.3, 0.4) is 0 Å². The summed E-state index contributed by atoms with van der Waals surface area (Å²) in [7, 11) is 0. The lowest BCUT2D eigenvalue weighted by atomic mass is 9.87. The number of rotatable bonds is 3. The molecule has 0 amide bonds. The summed E-state index contributed by atoms with van der Waals surface area (Å²) in [5, 5.41) is 0. The maximum absolute atomic E-state index is 5.82. The van der Waals surface area contributed by atoms with E-state index in [1.54, 1.807) is 0 Å². The van der Waals surface area contributed by atoms with Crippen LogP contribution in [0, 0.1) is 11.8 Å². The van der Waals surface area contributed by atoms with E-state index in [4.69, 9.17) is 5.73 Å². The molecule has 1 aromatic rings. The van der Waals surface area contributed by atoms with Gasteiger partial charge in [0.2, 0.25) is 0 Å². The van der Waals surface area contributed by atoms with Gasteiger partial charge in [-0.25, -0.2) is 0 Å². The summed E-state index contributed by atoms with van der Waals surface area (Å²) in [6.07, 6.45) is 1.29. The molecule has 2 N–H and O–H groups in total. The van der Waals surface area contributed by atoms with Crippen LogP contribution in [0.25, 0.3) is 0 Å². The first kappa shape index (κ1) is 11.6. The Hall–Kier alpha value is -0.860. The van der Waals surface area contributed by atoms with E-state index in [0.29, 0.717) is 5.92 Å². The third-order valence-electron chi connectivity index (χ3n) is 3.75. The molecule has 0 aliphatic carbocycles. The van der Waals surface area contributed by atoms with E-state index < -0.39 is 0 Å². The molecule has 2 atom stereocenters. The molecule has 2 rings (SSSR count). The summed E-state index contributed by atoms with van der Waals surface area (Å²) in [5.41, 5.74) is 7.23. The highest BCUT2D eigenvalue weighted by atomic mass is 15.1. The molecule has 2 unspecified atom stereocenters. The first-order valence-corrected chi connectivity index (χ1v) is 6.26. The first-order valence-electron chi connectivity index (χ1n) is 6.26. The van der Waals surface area contributed by atoms with E-state index in [1.165, 1.54) is 18.5 Å². The summed E-state index contributed by atoms with van der Waals surface area (Å²) >= 11 is 0. The van der Waals surface area contributed by atoms with Crippen LogP contribution < -0.4 is 5.73 Å². The molecule has 2 nitrogen and oxygen atoms in total. The number of likely N-dealkylation sites (tertiary alicyclic amines) is 1. The van der Waals surface area contributed by atoms with Gasteiger partial charge in [0, 0.05) is 13.1 Å². The molecule has 1 aromatic carbocycles. The molecule has 0 bridgehead atoms. The van der Waals surface area contributed by atoms with E-state index in [9.17, 15) is 0 Å². The van der Waals surface area contributed by atoms with Gasteiger partial charge in [-0.2, -0.15) is 0 Å². The van der Waals surface area contributed by atoms with Crippen LogP contribution in [0.2, 0.25) is 0 Å². The van der Waals surface area contributed by atoms with Gasteiger partial charge in [-0.3, -0.25) is 4.90 Å². The quantitative estimate of drug-likeness (QED) is 0.842. The molecule has 88 valence electrons. The molecule has 1 fully saturated rings. The molecule has 1 aliphatic rings. The Morgan fingerprint density at radius 3 is 2.75 bits per heavy atom. The zero-order valence-corrected chi connectivity index (χ0v) is 10.1. The van der Waals surface area contributed by atoms with E-state index >= 15 is 0 Å². The van der Waals surface area contributed by atoms with Gasteiger partial charge >= 0.3 is 0 Å². The second-order valence-corrected chi connectivity index (χ2v) is 4.98. The van der Waals surface area contributed by atoms with Gasteiger partial charge in [-0.15, -0.1) is 0 Å². The van der Waals surface area contributed by atoms with Crippen LogP contribution in [0.15, 0.2) is 30.3 Å². The number of nitrogens with two attached hydrogens (primary N) is 1. The van der Waals surface area contributed by atoms with E-state index in [2.05, 4.69) is 42.2 Å². The minimum Gasteiger partial charge on any atom is -0.330 e. The zero-order valence-electron chi connectivity index (χ0n) is 10.1. The Morgan fingerprint density at radius 2 is 2.06 bits per heavy atom. The molecule has 1 aliphatic heterocycles. The average molecular weight is 218 g/mol. The van der Waals surface area contributed by atoms with Crippen LogP contribution in [0.4, 0.5) is 0 Å². The summed E-state index contributed by atoms with van der Waals surface area (Å²) in [4.78, 5) is 2.53. The highest BCUT2D eigenvalue weighted by Crippen LogP contribution is 2.23. The Kier molecular flexibility index (Phi) is 3.97. The number of hydrogen-bond acceptors (Lipinski definition) is 2. The fourth-order valence-corrected chi connectivity index (χ4v) is 2.52. The maximum atomic E-state index is 5.82. The van der Waals surface area contributed by atoms with Crippen molar-refractivity contribution in [2.75, 3.05) is 19.6 Å². The van der Waals surface area contributed by atoms with E-state index in [1.807, 2.05) is 0 Å². The fraction of sp³-hybridized carbons (Fsp3) is 0.571. The Bertz CT molecular complexity index is 310. The molecule has 0 radical (unpaired) electrons. The molecular formula is C14H22N2. The topological polar surface area (TPSA) is 29.3 Å². The van der Waals surface area contributed by atoms with Crippen LogP contribution in [0.1, 0.15) is 18.9 Å². The SMILES string of the molecule is CC1CCN(Cc2ccccc2)CC1CN. The number of nitrogens with zero attached hydrogens (tertiary/aromatic N) is 1. The number of piperidine rings is 1. The number of hydrogen-bond donors (Lipinski definition) is 1. The van der Waals surface area contributed by atoms with Crippen molar-refractivity contribution in [2.24, 2.45) is 17.6 Å². The highest BCUT2D eigenvalue weighted by Gasteiger charge is 2.24. The van der Waals surface area contributed by atoms with Crippen molar-refractivity contribution >= 4 is 0 Å². The minimum atomic E-state index is 0.678. The third kappa shape index (κ3) is 2.83. The zero-order chi connectivity index (χ0) is 11.4. The molecule has 1 heterocycles. The van der Waals surface area contributed by atoms with Crippen molar-refractivity contribution < 1.29 is 0 Å². The van der Waals surface area contributed by atoms with Crippen molar-refractivity contribution in [3.8, 4) is 0 Å². The predicted molar refractivity (Wildman–Crippen MR) is 68.0 cm³/mol. The summed E-state index contributed by atoms with van der Waals surface area (Å²) in [6, 6.07) is 10.7. The molecule has 1 saturated heterocycles. The largest absolute Gasteiger partial charge is 0.330 e. The van der Waals surface area contributed by atoms with Crippen molar-refractivity contribution in [2.45, 2.75) is 19.9 Å². The third-order valence-corrected chi connectivity index (χ3v) is 3.75. The summed E-state index contributed by atoms with van der Waals surface area (Å²) in [6.45, 7) is 6.60. The van der Waals surface area contributed by atoms with Gasteiger partial charge in [0.15, 0.2) is 0 Å². The van der Waals surface area contributed by atoms with Gasteiger partial charge in [0.05, 0.1) is 0 Å². The smallest absolute Gasteiger partial charge is 0.0233 e. The van der Waals surface area contributed by atoms with E-state index in [-0.39, 0.29) is 0 Å². The monoisotopic (exact) mass is 218 g/mol. The van der Waals surface area contributed by atoms with Crippen molar-refractivity contribution in [3.05, 3.63) is 35.9 Å². The van der Waals surface area contributed by atoms with Gasteiger partial charge in [-0.1, -0.05) is 37.3 Å². The maximum Gasteiger partial charge on any atom is 0.0233 e. The van der Waals surface area contributed by atoms with Crippen LogP contribution in [-0.2, 0) is 6.54 Å². The summed E-state index contributed by atoms with van der Waals surface area (Å²) < 4.78 is 0. The lowest BCUT2D eigenvalue weighted by molar-refractivity contribution is 0.126. The van der Waals surface area contributed by atoms with E-state index in [0.717, 1.165) is 25.6 Å². The van der Waals surface area contributed by atoms with Gasteiger partial charge in [-0.05, 0) is 36.9 Å². The van der Waals surface area contributed by atoms with Crippen molar-refractivity contribution in [1.82, 2.24) is 4.90 Å². The Labute approximate surface area is 98.4 Å². The van der Waals surface area contributed by atoms with Gasteiger partial charge < -0.3 is 5.73 Å². The number of benzene rings is 1. The fourth-order valence-electron chi connectivity index (χ4n) is 2.52. The van der Waals surface area contributed by atoms with Crippen molar-refractivity contribution in [1.29, 1.82) is 0 Å². The molecule has 0 saturated carbocycles. The molecule has 2 heteroatoms. The molecule has 16 heavy (non-hydrogen) atoms. The second kappa shape index (κ2) is 5.46. The van der Waals surface area contributed by atoms with Crippen LogP contribution >= 0.6 is 0 Å². The minimum absolute atomic E-state index is 0.678. The summed E-state index contributed by atoms with van der Waals surface area (Å²) in [5.74, 6) is 1.47. The first-order chi connectivity index (χ1) is 7.79. The molecule has 0 spiro atoms. The van der Waals surface area contributed by atoms with Gasteiger partial charge in [0.1, 0.15) is 0 Å². The van der Waals surface area contributed by atoms with Crippen LogP contribution in [-0.4, -0.2) is 24.5 Å². The Balaban J connectivity index is 1.92.